The molecule has 1 aliphatic heterocycles. The van der Waals surface area contributed by atoms with Crippen LogP contribution < -0.4 is 5.32 Å². The quantitative estimate of drug-likeness (QED) is 0.892. The molecule has 3 heteroatoms. The van der Waals surface area contributed by atoms with E-state index in [2.05, 4.69) is 35.3 Å². The fraction of sp³-hybridized carbons (Fsp3) is 0.588. The van der Waals surface area contributed by atoms with Gasteiger partial charge in [-0.2, -0.15) is 0 Å². The molecule has 1 amide bonds. The first-order valence-electron chi connectivity index (χ1n) is 7.88. The van der Waals surface area contributed by atoms with E-state index >= 15 is 0 Å². The van der Waals surface area contributed by atoms with Crippen molar-refractivity contribution < 1.29 is 4.79 Å². The number of hydrogen-bond acceptors (Lipinski definition) is 2. The Hall–Kier alpha value is -1.51. The molecule has 0 aromatic heterocycles. The highest BCUT2D eigenvalue weighted by Crippen LogP contribution is 2.34. The van der Waals surface area contributed by atoms with E-state index in [-0.39, 0.29) is 0 Å². The largest absolute Gasteiger partial charge is 0.384 e. The van der Waals surface area contributed by atoms with Gasteiger partial charge in [-0.25, -0.2) is 0 Å². The van der Waals surface area contributed by atoms with Gasteiger partial charge in [0, 0.05) is 37.7 Å². The van der Waals surface area contributed by atoms with Crippen LogP contribution in [0.3, 0.4) is 0 Å². The fourth-order valence-corrected chi connectivity index (χ4v) is 3.27. The molecule has 1 aromatic rings. The summed E-state index contributed by atoms with van der Waals surface area (Å²) in [5.41, 5.74) is 2.51. The molecule has 2 aliphatic rings. The molecule has 1 saturated carbocycles. The zero-order valence-electron chi connectivity index (χ0n) is 12.3. The lowest BCUT2D eigenvalue weighted by atomic mass is 9.85. The average molecular weight is 272 g/mol. The first kappa shape index (κ1) is 13.5. The van der Waals surface area contributed by atoms with Crippen LogP contribution in [0.4, 0.5) is 5.69 Å². The summed E-state index contributed by atoms with van der Waals surface area (Å²) in [4.78, 5) is 14.6. The summed E-state index contributed by atoms with van der Waals surface area (Å²) in [5.74, 6) is 1.42. The Balaban J connectivity index is 1.60. The van der Waals surface area contributed by atoms with Crippen LogP contribution in [0.25, 0.3) is 0 Å². The van der Waals surface area contributed by atoms with Crippen LogP contribution in [0.15, 0.2) is 24.3 Å². The van der Waals surface area contributed by atoms with Gasteiger partial charge in [0.25, 0.3) is 0 Å². The zero-order valence-corrected chi connectivity index (χ0v) is 12.3. The third-order valence-electron chi connectivity index (χ3n) is 4.80. The minimum atomic E-state index is 0.322. The van der Waals surface area contributed by atoms with Crippen molar-refractivity contribution in [1.82, 2.24) is 4.90 Å². The van der Waals surface area contributed by atoms with E-state index < -0.39 is 0 Å². The summed E-state index contributed by atoms with van der Waals surface area (Å²) in [6.45, 7) is 4.80. The molecule has 1 N–H and O–H groups in total. The fourth-order valence-electron chi connectivity index (χ4n) is 3.27. The molecule has 1 aromatic carbocycles. The highest BCUT2D eigenvalue weighted by Gasteiger charge is 2.27. The summed E-state index contributed by atoms with van der Waals surface area (Å²) in [6.07, 6.45) is 4.59. The smallest absolute Gasteiger partial charge is 0.223 e. The minimum Gasteiger partial charge on any atom is -0.384 e. The second-order valence-corrected chi connectivity index (χ2v) is 6.10. The number of nitrogens with one attached hydrogen (secondary N) is 1. The molecule has 1 aliphatic carbocycles. The molecule has 1 atom stereocenters. The molecule has 108 valence electrons. The van der Waals surface area contributed by atoms with Crippen molar-refractivity contribution in [3.8, 4) is 0 Å². The predicted molar refractivity (Wildman–Crippen MR) is 81.9 cm³/mol. The molecule has 3 rings (SSSR count). The van der Waals surface area contributed by atoms with E-state index in [9.17, 15) is 4.79 Å². The number of hydrogen-bond donors (Lipinski definition) is 1. The number of carbonyl (C=O) groups is 1. The van der Waals surface area contributed by atoms with Gasteiger partial charge >= 0.3 is 0 Å². The molecule has 20 heavy (non-hydrogen) atoms. The van der Waals surface area contributed by atoms with Gasteiger partial charge in [-0.15, -0.1) is 0 Å². The maximum atomic E-state index is 12.5. The summed E-state index contributed by atoms with van der Waals surface area (Å²) in [6, 6.07) is 8.36. The van der Waals surface area contributed by atoms with Crippen LogP contribution in [-0.4, -0.2) is 30.4 Å². The Kier molecular flexibility index (Phi) is 3.95. The minimum absolute atomic E-state index is 0.322. The summed E-state index contributed by atoms with van der Waals surface area (Å²) >= 11 is 0. The Morgan fingerprint density at radius 3 is 2.85 bits per heavy atom. The SMILES string of the molecule is CCN(CC1CCC1)C(=O)CC1CNc2ccccc21. The van der Waals surface area contributed by atoms with Gasteiger partial charge in [0.1, 0.15) is 0 Å². The highest BCUT2D eigenvalue weighted by molar-refractivity contribution is 5.78. The van der Waals surface area contributed by atoms with Crippen LogP contribution in [0.2, 0.25) is 0 Å². The van der Waals surface area contributed by atoms with Gasteiger partial charge in [-0.3, -0.25) is 4.79 Å². The Bertz CT molecular complexity index is 482. The van der Waals surface area contributed by atoms with Crippen LogP contribution in [0.1, 0.15) is 44.1 Å². The number of amides is 1. The normalized spacial score (nSPS) is 20.9. The van der Waals surface area contributed by atoms with E-state index in [0.717, 1.165) is 25.6 Å². The molecule has 3 nitrogen and oxygen atoms in total. The topological polar surface area (TPSA) is 32.3 Å². The number of para-hydroxylation sites is 1. The summed E-state index contributed by atoms with van der Waals surface area (Å²) in [7, 11) is 0. The molecule has 0 saturated heterocycles. The molecule has 0 spiro atoms. The number of rotatable bonds is 5. The van der Waals surface area contributed by atoms with Crippen LogP contribution in [-0.2, 0) is 4.79 Å². The maximum Gasteiger partial charge on any atom is 0.223 e. The van der Waals surface area contributed by atoms with Crippen LogP contribution >= 0.6 is 0 Å². The van der Waals surface area contributed by atoms with Crippen LogP contribution in [0, 0.1) is 5.92 Å². The number of fused-ring (bicyclic) bond motifs is 1. The molecular formula is C17H24N2O. The third kappa shape index (κ3) is 2.67. The monoisotopic (exact) mass is 272 g/mol. The van der Waals surface area contributed by atoms with Gasteiger partial charge in [-0.05, 0) is 37.3 Å². The number of anilines is 1. The van der Waals surface area contributed by atoms with E-state index in [1.165, 1.54) is 30.5 Å². The summed E-state index contributed by atoms with van der Waals surface area (Å²) < 4.78 is 0. The van der Waals surface area contributed by atoms with E-state index in [1.807, 2.05) is 6.07 Å². The van der Waals surface area contributed by atoms with Crippen LogP contribution in [0.5, 0.6) is 0 Å². The Morgan fingerprint density at radius 1 is 1.35 bits per heavy atom. The summed E-state index contributed by atoms with van der Waals surface area (Å²) in [5, 5.41) is 3.40. The third-order valence-corrected chi connectivity index (χ3v) is 4.80. The molecule has 1 unspecified atom stereocenters. The van der Waals surface area contributed by atoms with Crippen molar-refractivity contribution in [2.24, 2.45) is 5.92 Å². The van der Waals surface area contributed by atoms with Crippen molar-refractivity contribution >= 4 is 11.6 Å². The number of nitrogens with zero attached hydrogens (tertiary/aromatic N) is 1. The van der Waals surface area contributed by atoms with E-state index in [0.29, 0.717) is 18.2 Å². The molecule has 1 heterocycles. The standard InChI is InChI=1S/C17H24N2O/c1-2-19(12-13-6-5-7-13)17(20)10-14-11-18-16-9-4-3-8-15(14)16/h3-4,8-9,13-14,18H,2,5-7,10-12H2,1H3. The van der Waals surface area contributed by atoms with Crippen molar-refractivity contribution in [2.75, 3.05) is 25.0 Å². The maximum absolute atomic E-state index is 12.5. The lowest BCUT2D eigenvalue weighted by molar-refractivity contribution is -0.132. The van der Waals surface area contributed by atoms with Crippen molar-refractivity contribution in [3.05, 3.63) is 29.8 Å². The van der Waals surface area contributed by atoms with Crippen molar-refractivity contribution in [2.45, 2.75) is 38.5 Å². The lowest BCUT2D eigenvalue weighted by Crippen LogP contribution is -2.38. The Morgan fingerprint density at radius 2 is 2.15 bits per heavy atom. The molecular weight excluding hydrogens is 248 g/mol. The predicted octanol–water partition coefficient (Wildman–Crippen LogP) is 3.23. The van der Waals surface area contributed by atoms with Crippen molar-refractivity contribution in [1.29, 1.82) is 0 Å². The Labute approximate surface area is 121 Å². The average Bonchev–Trinajstić information content (AvgIpc) is 2.81. The number of benzene rings is 1. The molecule has 1 fully saturated rings. The van der Waals surface area contributed by atoms with Gasteiger partial charge in [-0.1, -0.05) is 24.6 Å². The van der Waals surface area contributed by atoms with E-state index in [4.69, 9.17) is 0 Å². The molecule has 0 radical (unpaired) electrons. The first-order valence-corrected chi connectivity index (χ1v) is 7.88. The van der Waals surface area contributed by atoms with E-state index in [1.54, 1.807) is 0 Å². The second kappa shape index (κ2) is 5.86. The molecule has 0 bridgehead atoms. The lowest BCUT2D eigenvalue weighted by Gasteiger charge is -2.32. The zero-order chi connectivity index (χ0) is 13.9. The highest BCUT2D eigenvalue weighted by atomic mass is 16.2. The second-order valence-electron chi connectivity index (χ2n) is 6.10. The van der Waals surface area contributed by atoms with Crippen molar-refractivity contribution in [3.63, 3.8) is 0 Å². The van der Waals surface area contributed by atoms with Gasteiger partial charge < -0.3 is 10.2 Å². The van der Waals surface area contributed by atoms with Gasteiger partial charge in [0.2, 0.25) is 5.91 Å². The van der Waals surface area contributed by atoms with Gasteiger partial charge in [0.15, 0.2) is 0 Å². The first-order chi connectivity index (χ1) is 9.78. The van der Waals surface area contributed by atoms with Gasteiger partial charge in [0.05, 0.1) is 0 Å². The number of carbonyl (C=O) groups excluding carboxylic acids is 1.